The van der Waals surface area contributed by atoms with Gasteiger partial charge in [-0.3, -0.25) is 14.4 Å². The van der Waals surface area contributed by atoms with Gasteiger partial charge in [0.25, 0.3) is 5.91 Å². The number of alkyl carbamates (subject to hydrolysis) is 1. The van der Waals surface area contributed by atoms with Crippen molar-refractivity contribution in [3.05, 3.63) is 12.2 Å². The average molecular weight is 610 g/mol. The Morgan fingerprint density at radius 2 is 1.76 bits per heavy atom. The van der Waals surface area contributed by atoms with Crippen LogP contribution in [0.1, 0.15) is 98.3 Å². The number of rotatable bonds is 4. The van der Waals surface area contributed by atoms with Crippen molar-refractivity contribution < 1.29 is 32.3 Å². The summed E-state index contributed by atoms with van der Waals surface area (Å²) in [5.41, 5.74) is -2.14. The molecule has 13 heteroatoms. The topological polar surface area (TPSA) is 154 Å². The zero-order valence-electron chi connectivity index (χ0n) is 25.3. The number of hydrogen-bond donors (Lipinski definition) is 3. The number of nitrogens with zero attached hydrogens (tertiary/aromatic N) is 2. The second kappa shape index (κ2) is 12.9. The molecule has 0 aromatic carbocycles. The normalized spacial score (nSPS) is 32.3. The van der Waals surface area contributed by atoms with E-state index in [2.05, 4.69) is 15.4 Å². The van der Waals surface area contributed by atoms with E-state index in [4.69, 9.17) is 4.74 Å². The largest absolute Gasteiger partial charge is 0.444 e. The molecule has 0 radical (unpaired) electrons. The summed E-state index contributed by atoms with van der Waals surface area (Å²) >= 11 is 0. The highest BCUT2D eigenvalue weighted by molar-refractivity contribution is 7.87. The van der Waals surface area contributed by atoms with Crippen LogP contribution in [0.3, 0.4) is 0 Å². The Hall–Kier alpha value is -2.67. The summed E-state index contributed by atoms with van der Waals surface area (Å²) in [6, 6.07) is -1.91. The summed E-state index contributed by atoms with van der Waals surface area (Å²) in [6.07, 6.45) is 10.3. The number of carbonyl (C=O) groups excluding carboxylic acids is 4. The predicted molar refractivity (Wildman–Crippen MR) is 156 cm³/mol. The van der Waals surface area contributed by atoms with E-state index < -0.39 is 51.3 Å². The van der Waals surface area contributed by atoms with Gasteiger partial charge in [-0.15, -0.1) is 0 Å². The predicted octanol–water partition coefficient (Wildman–Crippen LogP) is 2.50. The van der Waals surface area contributed by atoms with E-state index in [1.807, 2.05) is 19.1 Å². The molecule has 3 aliphatic heterocycles. The van der Waals surface area contributed by atoms with Crippen LogP contribution < -0.4 is 15.4 Å². The molecule has 236 valence electrons. The number of piperidine rings is 1. The summed E-state index contributed by atoms with van der Waals surface area (Å²) < 4.78 is 35.4. The van der Waals surface area contributed by atoms with Gasteiger partial charge in [0, 0.05) is 25.0 Å². The number of hydrogen-bond acceptors (Lipinski definition) is 7. The van der Waals surface area contributed by atoms with Gasteiger partial charge in [0.05, 0.1) is 0 Å². The monoisotopic (exact) mass is 609 g/mol. The van der Waals surface area contributed by atoms with Gasteiger partial charge in [0.15, 0.2) is 0 Å². The Morgan fingerprint density at radius 3 is 2.48 bits per heavy atom. The van der Waals surface area contributed by atoms with Crippen molar-refractivity contribution in [2.75, 3.05) is 13.1 Å². The summed E-state index contributed by atoms with van der Waals surface area (Å²) in [7, 11) is -4.09. The summed E-state index contributed by atoms with van der Waals surface area (Å²) in [6.45, 7) is 7.74. The fraction of sp³-hybridized carbons (Fsp3) is 0.793. The highest BCUT2D eigenvalue weighted by Gasteiger charge is 2.61. The highest BCUT2D eigenvalue weighted by atomic mass is 32.2. The van der Waals surface area contributed by atoms with Gasteiger partial charge >= 0.3 is 16.3 Å². The molecule has 5 unspecified atom stereocenters. The molecule has 0 aromatic rings. The van der Waals surface area contributed by atoms with Crippen LogP contribution in [-0.2, 0) is 29.3 Å². The molecule has 1 saturated carbocycles. The molecule has 5 atom stereocenters. The Labute approximate surface area is 249 Å². The number of allylic oxidation sites excluding steroid dienone is 1. The third kappa shape index (κ3) is 7.64. The molecule has 0 aromatic heterocycles. The first-order valence-corrected chi connectivity index (χ1v) is 16.8. The molecular formula is C29H47N5O7S. The number of nitrogens with one attached hydrogen (secondary N) is 3. The van der Waals surface area contributed by atoms with E-state index in [0.717, 1.165) is 38.5 Å². The van der Waals surface area contributed by atoms with Crippen molar-refractivity contribution >= 4 is 34.0 Å². The van der Waals surface area contributed by atoms with E-state index in [-0.39, 0.29) is 24.3 Å². The van der Waals surface area contributed by atoms with Crippen LogP contribution in [0.2, 0.25) is 0 Å². The van der Waals surface area contributed by atoms with Crippen molar-refractivity contribution in [2.45, 2.75) is 128 Å². The quantitative estimate of drug-likeness (QED) is 0.414. The number of amides is 4. The van der Waals surface area contributed by atoms with Crippen molar-refractivity contribution in [3.8, 4) is 0 Å². The fourth-order valence-electron chi connectivity index (χ4n) is 6.24. The lowest BCUT2D eigenvalue weighted by Gasteiger charge is -2.33. The van der Waals surface area contributed by atoms with Gasteiger partial charge in [-0.2, -0.15) is 12.7 Å². The maximum Gasteiger partial charge on any atom is 0.408 e. The van der Waals surface area contributed by atoms with Crippen molar-refractivity contribution in [1.29, 1.82) is 0 Å². The number of carbonyl (C=O) groups is 4. The van der Waals surface area contributed by atoms with Crippen molar-refractivity contribution in [2.24, 2.45) is 5.92 Å². The van der Waals surface area contributed by atoms with E-state index in [1.54, 1.807) is 20.8 Å². The average Bonchev–Trinajstić information content (AvgIpc) is 3.35. The Bertz CT molecular complexity index is 1180. The number of fused-ring (bicyclic) bond motifs is 2. The first-order chi connectivity index (χ1) is 19.7. The van der Waals surface area contributed by atoms with E-state index in [0.29, 0.717) is 38.8 Å². The maximum atomic E-state index is 13.7. The molecule has 4 aliphatic rings. The van der Waals surface area contributed by atoms with Crippen molar-refractivity contribution in [1.82, 2.24) is 24.6 Å². The Morgan fingerprint density at radius 1 is 1.02 bits per heavy atom. The van der Waals surface area contributed by atoms with Crippen LogP contribution in [0.5, 0.6) is 0 Å². The van der Waals surface area contributed by atoms with Crippen LogP contribution >= 0.6 is 0 Å². The van der Waals surface area contributed by atoms with Gasteiger partial charge in [0.2, 0.25) is 11.8 Å². The van der Waals surface area contributed by atoms with Gasteiger partial charge < -0.3 is 20.3 Å². The van der Waals surface area contributed by atoms with Gasteiger partial charge in [-0.1, -0.05) is 31.4 Å². The molecule has 4 amide bonds. The summed E-state index contributed by atoms with van der Waals surface area (Å²) in [5.74, 6) is -1.97. The summed E-state index contributed by atoms with van der Waals surface area (Å²) in [4.78, 5) is 55.0. The molecule has 42 heavy (non-hydrogen) atoms. The zero-order chi connectivity index (χ0) is 30.7. The van der Waals surface area contributed by atoms with Crippen molar-refractivity contribution in [3.63, 3.8) is 0 Å². The highest BCUT2D eigenvalue weighted by Crippen LogP contribution is 2.45. The lowest BCUT2D eigenvalue weighted by molar-refractivity contribution is -0.141. The third-order valence-electron chi connectivity index (χ3n) is 8.60. The third-order valence-corrected chi connectivity index (χ3v) is 10.2. The summed E-state index contributed by atoms with van der Waals surface area (Å²) in [5, 5.41) is 5.58. The smallest absolute Gasteiger partial charge is 0.408 e. The van der Waals surface area contributed by atoms with Crippen LogP contribution in [0, 0.1) is 5.92 Å². The minimum Gasteiger partial charge on any atom is -0.444 e. The molecular weight excluding hydrogens is 562 g/mol. The first-order valence-electron chi connectivity index (χ1n) is 15.4. The minimum absolute atomic E-state index is 0.223. The van der Waals surface area contributed by atoms with Crippen LogP contribution in [0.25, 0.3) is 0 Å². The first kappa shape index (κ1) is 32.2. The molecule has 3 N–H and O–H groups in total. The molecule has 3 heterocycles. The molecule has 0 spiro atoms. The second-order valence-electron chi connectivity index (χ2n) is 13.1. The maximum absolute atomic E-state index is 13.7. The van der Waals surface area contributed by atoms with E-state index in [9.17, 15) is 27.6 Å². The number of ether oxygens (including phenoxy) is 1. The lowest BCUT2D eigenvalue weighted by atomic mass is 10.0. The molecule has 0 bridgehead atoms. The van der Waals surface area contributed by atoms with E-state index in [1.165, 1.54) is 9.21 Å². The zero-order valence-corrected chi connectivity index (χ0v) is 26.1. The molecule has 2 saturated heterocycles. The molecule has 3 fully saturated rings. The second-order valence-corrected chi connectivity index (χ2v) is 14.7. The van der Waals surface area contributed by atoms with Gasteiger partial charge in [-0.25, -0.2) is 9.52 Å². The molecule has 4 rings (SSSR count). The van der Waals surface area contributed by atoms with Gasteiger partial charge in [-0.05, 0) is 79.1 Å². The van der Waals surface area contributed by atoms with Crippen LogP contribution in [-0.4, -0.2) is 83.8 Å². The standard InChI is InChI=1S/C29H47N5O7S/c1-20-13-10-11-18-34(20)42(39,40)32-26(37)29-19-21(29)14-8-6-5-7-9-15-22(30-27(38)41-28(2,3)4)25(36)33-17-12-16-23(33)24(35)31-29/h8,14,20-23H,5-7,9-13,15-19H2,1-4H3,(H,30,38)(H,31,35)(H,32,37)/b14-8-. The van der Waals surface area contributed by atoms with Crippen LogP contribution in [0.4, 0.5) is 4.79 Å². The molecule has 12 nitrogen and oxygen atoms in total. The van der Waals surface area contributed by atoms with Crippen LogP contribution in [0.15, 0.2) is 12.2 Å². The Kier molecular flexibility index (Phi) is 9.91. The SMILES string of the molecule is CC1CCCCN1S(=O)(=O)NC(=O)C12CC1/C=C\CCCCCC(NC(=O)OC(C)(C)C)C(=O)N1CCCC1C(=O)N2. The minimum atomic E-state index is -4.09. The lowest BCUT2D eigenvalue weighted by Crippen LogP contribution is -2.59. The van der Waals surface area contributed by atoms with E-state index >= 15 is 0 Å². The Balaban J connectivity index is 1.54. The molecule has 1 aliphatic carbocycles. The van der Waals surface area contributed by atoms with Gasteiger partial charge in [0.1, 0.15) is 23.2 Å². The fourth-order valence-corrected chi connectivity index (χ4v) is 7.72.